The van der Waals surface area contributed by atoms with Crippen molar-refractivity contribution in [3.05, 3.63) is 0 Å². The molecule has 2 rings (SSSR count). The molecule has 0 aromatic heterocycles. The highest BCUT2D eigenvalue weighted by Gasteiger charge is 2.35. The second kappa shape index (κ2) is 7.41. The predicted molar refractivity (Wildman–Crippen MR) is 82.8 cm³/mol. The second-order valence-corrected chi connectivity index (χ2v) is 6.36. The van der Waals surface area contributed by atoms with Gasteiger partial charge in [-0.25, -0.2) is 0 Å². The number of likely N-dealkylation sites (N-methyl/N-ethyl adjacent to an activating group) is 1. The number of hydrogen-bond donors (Lipinski definition) is 1. The Bertz CT molecular complexity index is 315. The molecule has 2 saturated heterocycles. The number of carbonyl (C=O) groups excluding carboxylic acids is 1. The monoisotopic (exact) mass is 281 g/mol. The van der Waals surface area contributed by atoms with Crippen molar-refractivity contribution < 1.29 is 4.79 Å². The van der Waals surface area contributed by atoms with Crippen LogP contribution in [0.25, 0.3) is 0 Å². The van der Waals surface area contributed by atoms with Crippen LogP contribution in [-0.2, 0) is 4.79 Å². The van der Waals surface area contributed by atoms with Crippen LogP contribution in [0.3, 0.4) is 0 Å². The van der Waals surface area contributed by atoms with Crippen LogP contribution in [0.2, 0.25) is 0 Å². The highest BCUT2D eigenvalue weighted by atomic mass is 16.2. The zero-order valence-electron chi connectivity index (χ0n) is 13.4. The highest BCUT2D eigenvalue weighted by Crippen LogP contribution is 2.24. The molecule has 0 aromatic rings. The van der Waals surface area contributed by atoms with E-state index in [1.54, 1.807) is 0 Å². The van der Waals surface area contributed by atoms with Crippen molar-refractivity contribution in [2.75, 3.05) is 26.2 Å². The number of carbonyl (C=O) groups is 1. The Kier molecular flexibility index (Phi) is 5.85. The summed E-state index contributed by atoms with van der Waals surface area (Å²) in [6, 6.07) is 1.01. The fourth-order valence-electron chi connectivity index (χ4n) is 3.80. The summed E-state index contributed by atoms with van der Waals surface area (Å²) in [6.07, 6.45) is 6.09. The molecule has 3 atom stereocenters. The third-order valence-corrected chi connectivity index (χ3v) is 4.97. The number of hydrogen-bond acceptors (Lipinski definition) is 3. The largest absolute Gasteiger partial charge is 0.341 e. The number of rotatable bonds is 5. The first-order chi connectivity index (χ1) is 9.65. The van der Waals surface area contributed by atoms with E-state index in [2.05, 4.69) is 35.9 Å². The maximum atomic E-state index is 12.6. The molecule has 20 heavy (non-hydrogen) atoms. The minimum atomic E-state index is 0.0412. The van der Waals surface area contributed by atoms with Crippen molar-refractivity contribution in [3.8, 4) is 0 Å². The number of piperidine rings is 1. The highest BCUT2D eigenvalue weighted by molar-refractivity contribution is 5.81. The van der Waals surface area contributed by atoms with Gasteiger partial charge < -0.3 is 10.2 Å². The van der Waals surface area contributed by atoms with Gasteiger partial charge in [-0.1, -0.05) is 13.3 Å². The topological polar surface area (TPSA) is 35.6 Å². The fraction of sp³-hybridized carbons (Fsp3) is 0.938. The van der Waals surface area contributed by atoms with Crippen LogP contribution in [0.15, 0.2) is 0 Å². The lowest BCUT2D eigenvalue weighted by atomic mass is 9.94. The van der Waals surface area contributed by atoms with E-state index in [9.17, 15) is 4.79 Å². The van der Waals surface area contributed by atoms with Gasteiger partial charge in [-0.05, 0) is 52.6 Å². The first-order valence-corrected chi connectivity index (χ1v) is 8.43. The minimum absolute atomic E-state index is 0.0412. The van der Waals surface area contributed by atoms with Crippen molar-refractivity contribution in [2.24, 2.45) is 0 Å². The smallest absolute Gasteiger partial charge is 0.239 e. The standard InChI is InChI=1S/C16H31N3O/c1-4-17-13(2)15-9-5-6-12-19(15)14(3)16(20)18-10-7-8-11-18/h13-15,17H,4-12H2,1-3H3. The van der Waals surface area contributed by atoms with Gasteiger partial charge in [0.2, 0.25) is 5.91 Å². The number of nitrogens with zero attached hydrogens (tertiary/aromatic N) is 2. The van der Waals surface area contributed by atoms with E-state index in [1.807, 2.05) is 0 Å². The molecule has 3 unspecified atom stereocenters. The van der Waals surface area contributed by atoms with Crippen molar-refractivity contribution in [1.29, 1.82) is 0 Å². The van der Waals surface area contributed by atoms with Crippen LogP contribution in [0.1, 0.15) is 52.9 Å². The molecule has 2 heterocycles. The van der Waals surface area contributed by atoms with Crippen molar-refractivity contribution in [2.45, 2.75) is 71.0 Å². The maximum absolute atomic E-state index is 12.6. The Balaban J connectivity index is 2.00. The third kappa shape index (κ3) is 3.53. The lowest BCUT2D eigenvalue weighted by Crippen LogP contribution is -2.57. The van der Waals surface area contributed by atoms with Gasteiger partial charge in [0.15, 0.2) is 0 Å². The summed E-state index contributed by atoms with van der Waals surface area (Å²) in [4.78, 5) is 17.2. The average Bonchev–Trinajstić information content (AvgIpc) is 3.00. The predicted octanol–water partition coefficient (Wildman–Crippen LogP) is 1.85. The van der Waals surface area contributed by atoms with E-state index in [4.69, 9.17) is 0 Å². The summed E-state index contributed by atoms with van der Waals surface area (Å²) < 4.78 is 0. The van der Waals surface area contributed by atoms with E-state index in [0.29, 0.717) is 18.0 Å². The van der Waals surface area contributed by atoms with Gasteiger partial charge in [-0.3, -0.25) is 9.69 Å². The van der Waals surface area contributed by atoms with Crippen LogP contribution in [0.4, 0.5) is 0 Å². The molecule has 0 aromatic carbocycles. The first kappa shape index (κ1) is 15.8. The number of amides is 1. The molecule has 2 fully saturated rings. The quantitative estimate of drug-likeness (QED) is 0.835. The lowest BCUT2D eigenvalue weighted by Gasteiger charge is -2.43. The van der Waals surface area contributed by atoms with Crippen LogP contribution < -0.4 is 5.32 Å². The van der Waals surface area contributed by atoms with Gasteiger partial charge in [-0.15, -0.1) is 0 Å². The molecule has 4 nitrogen and oxygen atoms in total. The molecule has 0 aliphatic carbocycles. The maximum Gasteiger partial charge on any atom is 0.239 e. The third-order valence-electron chi connectivity index (χ3n) is 4.97. The molecule has 2 aliphatic heterocycles. The van der Waals surface area contributed by atoms with E-state index < -0.39 is 0 Å². The summed E-state index contributed by atoms with van der Waals surface area (Å²) in [6.45, 7) is 10.5. The van der Waals surface area contributed by atoms with E-state index in [1.165, 1.54) is 32.1 Å². The molecular weight excluding hydrogens is 250 g/mol. The average molecular weight is 281 g/mol. The van der Waals surface area contributed by atoms with Crippen LogP contribution in [-0.4, -0.2) is 60.0 Å². The zero-order chi connectivity index (χ0) is 14.5. The number of likely N-dealkylation sites (tertiary alicyclic amines) is 2. The molecule has 116 valence electrons. The van der Waals surface area contributed by atoms with Crippen molar-refractivity contribution in [1.82, 2.24) is 15.1 Å². The van der Waals surface area contributed by atoms with Gasteiger partial charge in [0.1, 0.15) is 0 Å². The molecular formula is C16H31N3O. The molecule has 0 bridgehead atoms. The van der Waals surface area contributed by atoms with Crippen molar-refractivity contribution in [3.63, 3.8) is 0 Å². The van der Waals surface area contributed by atoms with Crippen molar-refractivity contribution >= 4 is 5.91 Å². The second-order valence-electron chi connectivity index (χ2n) is 6.36. The molecule has 0 saturated carbocycles. The van der Waals surface area contributed by atoms with Gasteiger partial charge in [0, 0.05) is 25.2 Å². The van der Waals surface area contributed by atoms with Crippen LogP contribution in [0, 0.1) is 0 Å². The normalized spacial score (nSPS) is 27.6. The Hall–Kier alpha value is -0.610. The molecule has 0 radical (unpaired) electrons. The lowest BCUT2D eigenvalue weighted by molar-refractivity contribution is -0.137. The van der Waals surface area contributed by atoms with Crippen LogP contribution >= 0.6 is 0 Å². The Morgan fingerprint density at radius 3 is 2.45 bits per heavy atom. The van der Waals surface area contributed by atoms with E-state index in [0.717, 1.165) is 26.2 Å². The van der Waals surface area contributed by atoms with Crippen LogP contribution in [0.5, 0.6) is 0 Å². The molecule has 2 aliphatic rings. The van der Waals surface area contributed by atoms with Gasteiger partial charge in [0.25, 0.3) is 0 Å². The van der Waals surface area contributed by atoms with E-state index in [-0.39, 0.29) is 6.04 Å². The zero-order valence-corrected chi connectivity index (χ0v) is 13.4. The number of nitrogens with one attached hydrogen (secondary N) is 1. The Morgan fingerprint density at radius 1 is 1.15 bits per heavy atom. The summed E-state index contributed by atoms with van der Waals surface area (Å²) in [5, 5.41) is 3.54. The fourth-order valence-corrected chi connectivity index (χ4v) is 3.80. The molecule has 1 amide bonds. The van der Waals surface area contributed by atoms with E-state index >= 15 is 0 Å². The minimum Gasteiger partial charge on any atom is -0.341 e. The summed E-state index contributed by atoms with van der Waals surface area (Å²) in [7, 11) is 0. The Morgan fingerprint density at radius 2 is 1.80 bits per heavy atom. The van der Waals surface area contributed by atoms with Gasteiger partial charge >= 0.3 is 0 Å². The Labute approximate surface area is 123 Å². The summed E-state index contributed by atoms with van der Waals surface area (Å²) in [5.74, 6) is 0.345. The first-order valence-electron chi connectivity index (χ1n) is 8.43. The molecule has 0 spiro atoms. The summed E-state index contributed by atoms with van der Waals surface area (Å²) in [5.41, 5.74) is 0. The van der Waals surface area contributed by atoms with Gasteiger partial charge in [0.05, 0.1) is 6.04 Å². The van der Waals surface area contributed by atoms with Gasteiger partial charge in [-0.2, -0.15) is 0 Å². The molecule has 4 heteroatoms. The summed E-state index contributed by atoms with van der Waals surface area (Å²) >= 11 is 0. The SMILES string of the molecule is CCNC(C)C1CCCCN1C(C)C(=O)N1CCCC1. The molecule has 1 N–H and O–H groups in total.